The normalized spacial score (nSPS) is 19.3. The summed E-state index contributed by atoms with van der Waals surface area (Å²) in [5.41, 5.74) is 0.908. The van der Waals surface area contributed by atoms with E-state index in [1.165, 1.54) is 13.8 Å². The molecular weight excluding hydrogens is 334 g/mol. The van der Waals surface area contributed by atoms with Crippen molar-refractivity contribution in [1.82, 2.24) is 4.90 Å². The number of aliphatic hydroxyl groups is 1. The molecule has 1 amide bonds. The van der Waals surface area contributed by atoms with Crippen molar-refractivity contribution < 1.29 is 24.5 Å². The molecule has 0 aromatic heterocycles. The standard InChI is InChI=1S/C17H22ClNO5/c1-17(2,23)24-14(10-15(20)21)16(22)19-8-4-7-13(19)11-5-3-6-12(18)9-11/h3,5-6,9,13-14,23H,4,7-8,10H2,1-2H3,(H,20,21)/t13?,14-/m1/s1. The van der Waals surface area contributed by atoms with E-state index < -0.39 is 30.2 Å². The minimum Gasteiger partial charge on any atom is -0.481 e. The quantitative estimate of drug-likeness (QED) is 0.766. The molecule has 24 heavy (non-hydrogen) atoms. The van der Waals surface area contributed by atoms with Gasteiger partial charge in [0.2, 0.25) is 0 Å². The molecule has 1 unspecified atom stereocenters. The molecule has 1 aliphatic rings. The second kappa shape index (κ2) is 7.51. The molecule has 1 fully saturated rings. The van der Waals surface area contributed by atoms with Crippen LogP contribution < -0.4 is 0 Å². The van der Waals surface area contributed by atoms with Crippen LogP contribution in [-0.4, -0.2) is 45.4 Å². The van der Waals surface area contributed by atoms with Gasteiger partial charge in [-0.25, -0.2) is 0 Å². The number of carboxylic acids is 1. The summed E-state index contributed by atoms with van der Waals surface area (Å²) >= 11 is 6.03. The predicted molar refractivity (Wildman–Crippen MR) is 88.6 cm³/mol. The van der Waals surface area contributed by atoms with Crippen LogP contribution in [-0.2, 0) is 14.3 Å². The molecule has 1 heterocycles. The van der Waals surface area contributed by atoms with Crippen LogP contribution in [0.4, 0.5) is 0 Å². The van der Waals surface area contributed by atoms with Crippen molar-refractivity contribution in [2.45, 2.75) is 51.0 Å². The van der Waals surface area contributed by atoms with Gasteiger partial charge in [0.1, 0.15) is 6.10 Å². The molecule has 7 heteroatoms. The van der Waals surface area contributed by atoms with E-state index >= 15 is 0 Å². The van der Waals surface area contributed by atoms with Gasteiger partial charge in [-0.3, -0.25) is 9.59 Å². The lowest BCUT2D eigenvalue weighted by Crippen LogP contribution is -2.44. The van der Waals surface area contributed by atoms with Gasteiger partial charge in [-0.05, 0) is 44.4 Å². The van der Waals surface area contributed by atoms with Crippen LogP contribution >= 0.6 is 11.6 Å². The van der Waals surface area contributed by atoms with Crippen LogP contribution in [0.25, 0.3) is 0 Å². The molecule has 1 aliphatic heterocycles. The molecule has 0 bridgehead atoms. The Morgan fingerprint density at radius 2 is 2.17 bits per heavy atom. The molecule has 0 saturated carbocycles. The summed E-state index contributed by atoms with van der Waals surface area (Å²) in [7, 11) is 0. The first-order valence-corrected chi connectivity index (χ1v) is 8.23. The number of hydrogen-bond acceptors (Lipinski definition) is 4. The third-order valence-electron chi connectivity index (χ3n) is 3.84. The summed E-state index contributed by atoms with van der Waals surface area (Å²) in [6, 6.07) is 7.11. The molecule has 0 radical (unpaired) electrons. The molecule has 2 atom stereocenters. The highest BCUT2D eigenvalue weighted by Gasteiger charge is 2.37. The number of aliphatic carboxylic acids is 1. The highest BCUT2D eigenvalue weighted by Crippen LogP contribution is 2.34. The maximum absolute atomic E-state index is 12.8. The third-order valence-corrected chi connectivity index (χ3v) is 4.07. The lowest BCUT2D eigenvalue weighted by Gasteiger charge is -2.31. The van der Waals surface area contributed by atoms with Gasteiger partial charge in [0.25, 0.3) is 5.91 Å². The van der Waals surface area contributed by atoms with Gasteiger partial charge < -0.3 is 19.8 Å². The summed E-state index contributed by atoms with van der Waals surface area (Å²) in [4.78, 5) is 25.5. The number of benzene rings is 1. The SMILES string of the molecule is CC(C)(O)O[C@H](CC(=O)O)C(=O)N1CCCC1c1cccc(Cl)c1. The van der Waals surface area contributed by atoms with E-state index in [4.69, 9.17) is 21.4 Å². The van der Waals surface area contributed by atoms with E-state index in [2.05, 4.69) is 0 Å². The Morgan fingerprint density at radius 1 is 1.46 bits per heavy atom. The summed E-state index contributed by atoms with van der Waals surface area (Å²) in [6.45, 7) is 3.25. The summed E-state index contributed by atoms with van der Waals surface area (Å²) in [5.74, 6) is -3.18. The number of carbonyl (C=O) groups excluding carboxylic acids is 1. The van der Waals surface area contributed by atoms with E-state index in [-0.39, 0.29) is 6.04 Å². The Morgan fingerprint density at radius 3 is 2.75 bits per heavy atom. The fraction of sp³-hybridized carbons (Fsp3) is 0.529. The number of carboxylic acid groups (broad SMARTS) is 1. The summed E-state index contributed by atoms with van der Waals surface area (Å²) in [5, 5.41) is 19.4. The average Bonchev–Trinajstić information content (AvgIpc) is 2.93. The summed E-state index contributed by atoms with van der Waals surface area (Å²) < 4.78 is 5.29. The molecule has 1 saturated heterocycles. The summed E-state index contributed by atoms with van der Waals surface area (Å²) in [6.07, 6.45) is -0.149. The molecule has 6 nitrogen and oxygen atoms in total. The first-order chi connectivity index (χ1) is 11.2. The third kappa shape index (κ3) is 4.93. The number of likely N-dealkylation sites (tertiary alicyclic amines) is 1. The van der Waals surface area contributed by atoms with Crippen molar-refractivity contribution in [2.75, 3.05) is 6.54 Å². The van der Waals surface area contributed by atoms with Gasteiger partial charge in [-0.1, -0.05) is 23.7 Å². The predicted octanol–water partition coefficient (Wildman–Crippen LogP) is 2.59. The van der Waals surface area contributed by atoms with E-state index in [1.54, 1.807) is 17.0 Å². The fourth-order valence-electron chi connectivity index (χ4n) is 2.96. The van der Waals surface area contributed by atoms with Crippen LogP contribution in [0.3, 0.4) is 0 Å². The maximum atomic E-state index is 12.8. The Bertz CT molecular complexity index is 613. The molecule has 1 aromatic carbocycles. The minimum atomic E-state index is -1.60. The van der Waals surface area contributed by atoms with Gasteiger partial charge in [0, 0.05) is 11.6 Å². The molecule has 2 rings (SSSR count). The Kier molecular flexibility index (Phi) is 5.85. The van der Waals surface area contributed by atoms with Crippen molar-refractivity contribution in [1.29, 1.82) is 0 Å². The average molecular weight is 356 g/mol. The van der Waals surface area contributed by atoms with Crippen molar-refractivity contribution in [3.05, 3.63) is 34.9 Å². The number of amides is 1. The molecule has 0 aliphatic carbocycles. The van der Waals surface area contributed by atoms with E-state index in [0.29, 0.717) is 11.6 Å². The van der Waals surface area contributed by atoms with E-state index in [9.17, 15) is 14.7 Å². The lowest BCUT2D eigenvalue weighted by atomic mass is 10.0. The first-order valence-electron chi connectivity index (χ1n) is 7.85. The van der Waals surface area contributed by atoms with Gasteiger partial charge in [0.15, 0.2) is 5.79 Å². The van der Waals surface area contributed by atoms with Crippen molar-refractivity contribution >= 4 is 23.5 Å². The second-order valence-electron chi connectivity index (χ2n) is 6.40. The second-order valence-corrected chi connectivity index (χ2v) is 6.83. The number of halogens is 1. The van der Waals surface area contributed by atoms with Crippen LogP contribution in [0.5, 0.6) is 0 Å². The van der Waals surface area contributed by atoms with Gasteiger partial charge >= 0.3 is 5.97 Å². The number of hydrogen-bond donors (Lipinski definition) is 2. The Hall–Kier alpha value is -1.63. The highest BCUT2D eigenvalue weighted by molar-refractivity contribution is 6.30. The maximum Gasteiger partial charge on any atom is 0.306 e. The number of rotatable bonds is 6. The highest BCUT2D eigenvalue weighted by atomic mass is 35.5. The number of carbonyl (C=O) groups is 2. The molecular formula is C17H22ClNO5. The molecule has 1 aromatic rings. The van der Waals surface area contributed by atoms with E-state index in [0.717, 1.165) is 18.4 Å². The Labute approximate surface area is 146 Å². The first kappa shape index (κ1) is 18.7. The van der Waals surface area contributed by atoms with Gasteiger partial charge in [-0.2, -0.15) is 0 Å². The van der Waals surface area contributed by atoms with Gasteiger partial charge in [0.05, 0.1) is 12.5 Å². The Balaban J connectivity index is 2.22. The van der Waals surface area contributed by atoms with Crippen molar-refractivity contribution in [2.24, 2.45) is 0 Å². The molecule has 132 valence electrons. The molecule has 2 N–H and O–H groups in total. The van der Waals surface area contributed by atoms with E-state index in [1.807, 2.05) is 12.1 Å². The zero-order valence-electron chi connectivity index (χ0n) is 13.7. The van der Waals surface area contributed by atoms with Crippen LogP contribution in [0.15, 0.2) is 24.3 Å². The zero-order valence-corrected chi connectivity index (χ0v) is 14.5. The van der Waals surface area contributed by atoms with Crippen molar-refractivity contribution in [3.63, 3.8) is 0 Å². The van der Waals surface area contributed by atoms with Crippen LogP contribution in [0.2, 0.25) is 5.02 Å². The number of ether oxygens (including phenoxy) is 1. The topological polar surface area (TPSA) is 87.1 Å². The van der Waals surface area contributed by atoms with Crippen LogP contribution in [0, 0.1) is 0 Å². The van der Waals surface area contributed by atoms with Crippen LogP contribution in [0.1, 0.15) is 44.7 Å². The fourth-order valence-corrected chi connectivity index (χ4v) is 3.16. The van der Waals surface area contributed by atoms with Gasteiger partial charge in [-0.15, -0.1) is 0 Å². The number of nitrogens with zero attached hydrogens (tertiary/aromatic N) is 1. The zero-order chi connectivity index (χ0) is 17.9. The van der Waals surface area contributed by atoms with Crippen molar-refractivity contribution in [3.8, 4) is 0 Å². The smallest absolute Gasteiger partial charge is 0.306 e. The molecule has 0 spiro atoms. The largest absolute Gasteiger partial charge is 0.481 e. The lowest BCUT2D eigenvalue weighted by molar-refractivity contribution is -0.214. The monoisotopic (exact) mass is 355 g/mol. The minimum absolute atomic E-state index is 0.169.